The summed E-state index contributed by atoms with van der Waals surface area (Å²) in [4.78, 5) is 67.7. The first-order valence-electron chi connectivity index (χ1n) is 14.1. The van der Waals surface area contributed by atoms with Gasteiger partial charge in [-0.15, -0.1) is 0 Å². The minimum Gasteiger partial charge on any atom is -0.508 e. The number of nitrogens with zero attached hydrogens (tertiary/aromatic N) is 1. The van der Waals surface area contributed by atoms with Gasteiger partial charge in [0.1, 0.15) is 29.9 Å². The minimum absolute atomic E-state index is 0.0194. The van der Waals surface area contributed by atoms with E-state index in [1.807, 2.05) is 0 Å². The Kier molecular flexibility index (Phi) is 13.8. The van der Waals surface area contributed by atoms with Gasteiger partial charge in [0.15, 0.2) is 5.96 Å². The molecule has 14 nitrogen and oxygen atoms in total. The van der Waals surface area contributed by atoms with Crippen LogP contribution in [0.25, 0.3) is 0 Å². The number of carbonyl (C=O) groups is 5. The van der Waals surface area contributed by atoms with Gasteiger partial charge >= 0.3 is 0 Å². The van der Waals surface area contributed by atoms with Crippen molar-refractivity contribution in [2.45, 2.75) is 63.7 Å². The van der Waals surface area contributed by atoms with Crippen molar-refractivity contribution >= 4 is 35.8 Å². The highest BCUT2D eigenvalue weighted by Gasteiger charge is 2.32. The highest BCUT2D eigenvalue weighted by Crippen LogP contribution is 2.13. The molecule has 2 rings (SSSR count). The molecule has 0 saturated carbocycles. The average Bonchev–Trinajstić information content (AvgIpc) is 2.98. The largest absolute Gasteiger partial charge is 0.508 e. The van der Waals surface area contributed by atoms with E-state index in [4.69, 9.17) is 17.2 Å². The number of hydrogen-bond donors (Lipinski definition) is 8. The Balaban J connectivity index is 2.12. The van der Waals surface area contributed by atoms with Crippen LogP contribution in [0.5, 0.6) is 11.5 Å². The highest BCUT2D eigenvalue weighted by molar-refractivity contribution is 6.38. The van der Waals surface area contributed by atoms with E-state index in [2.05, 4.69) is 20.9 Å². The van der Waals surface area contributed by atoms with E-state index in [9.17, 15) is 34.2 Å². The van der Waals surface area contributed by atoms with E-state index >= 15 is 0 Å². The third kappa shape index (κ3) is 11.7. The van der Waals surface area contributed by atoms with Crippen LogP contribution in [0.3, 0.4) is 0 Å². The number of Topliss-reactive ketones (excluding diaryl/α,β-unsaturated/α-hetero) is 1. The number of nitrogens with one attached hydrogen (secondary N) is 3. The molecule has 14 heteroatoms. The smallest absolute Gasteiger partial charge is 0.289 e. The molecular weight excluding hydrogens is 570 g/mol. The lowest BCUT2D eigenvalue weighted by Crippen LogP contribution is -2.58. The first kappa shape index (κ1) is 35.2. The van der Waals surface area contributed by atoms with Gasteiger partial charge in [-0.3, -0.25) is 24.2 Å². The van der Waals surface area contributed by atoms with Crippen LogP contribution in [0.2, 0.25) is 0 Å². The number of nitrogens with two attached hydrogens (primary N) is 3. The molecule has 0 spiro atoms. The van der Waals surface area contributed by atoms with Crippen LogP contribution in [0.15, 0.2) is 53.5 Å². The number of guanidine groups is 1. The van der Waals surface area contributed by atoms with Crippen LogP contribution in [-0.2, 0) is 36.8 Å². The molecule has 0 aliphatic carbocycles. The molecule has 4 atom stereocenters. The van der Waals surface area contributed by atoms with Crippen LogP contribution in [-0.4, -0.2) is 76.7 Å². The lowest BCUT2D eigenvalue weighted by Gasteiger charge is -2.26. The fourth-order valence-corrected chi connectivity index (χ4v) is 4.23. The molecule has 0 unspecified atom stereocenters. The van der Waals surface area contributed by atoms with Gasteiger partial charge in [0.2, 0.25) is 17.6 Å². The topological polar surface area (TPSA) is 252 Å². The Morgan fingerprint density at radius 1 is 0.841 bits per heavy atom. The third-order valence-corrected chi connectivity index (χ3v) is 6.65. The molecule has 238 valence electrons. The van der Waals surface area contributed by atoms with E-state index in [0.29, 0.717) is 17.4 Å². The van der Waals surface area contributed by atoms with Crippen molar-refractivity contribution in [2.75, 3.05) is 6.54 Å². The quantitative estimate of drug-likeness (QED) is 0.0361. The molecular formula is C30H41N7O7. The molecule has 2 aromatic rings. The summed E-state index contributed by atoms with van der Waals surface area (Å²) in [6, 6.07) is 7.69. The van der Waals surface area contributed by atoms with Crippen LogP contribution in [0.1, 0.15) is 37.8 Å². The Labute approximate surface area is 255 Å². The maximum absolute atomic E-state index is 13.4. The molecule has 0 aliphatic rings. The van der Waals surface area contributed by atoms with Gasteiger partial charge in [-0.25, -0.2) is 0 Å². The second-order valence-electron chi connectivity index (χ2n) is 10.7. The first-order valence-corrected chi connectivity index (χ1v) is 14.1. The van der Waals surface area contributed by atoms with Crippen LogP contribution in [0.4, 0.5) is 0 Å². The van der Waals surface area contributed by atoms with E-state index < -0.39 is 53.6 Å². The number of hydrogen-bond acceptors (Lipinski definition) is 9. The van der Waals surface area contributed by atoms with Gasteiger partial charge in [0.25, 0.3) is 5.91 Å². The summed E-state index contributed by atoms with van der Waals surface area (Å²) in [6.45, 7) is 3.53. The number of aromatic hydroxyl groups is 2. The summed E-state index contributed by atoms with van der Waals surface area (Å²) < 4.78 is 0. The normalized spacial score (nSPS) is 13.5. The van der Waals surface area contributed by atoms with Crippen LogP contribution >= 0.6 is 0 Å². The van der Waals surface area contributed by atoms with E-state index in [-0.39, 0.29) is 49.7 Å². The zero-order valence-corrected chi connectivity index (χ0v) is 24.7. The van der Waals surface area contributed by atoms with E-state index in [1.54, 1.807) is 38.1 Å². The van der Waals surface area contributed by atoms with Crippen molar-refractivity contribution in [3.05, 3.63) is 59.7 Å². The first-order chi connectivity index (χ1) is 20.8. The number of carbonyl (C=O) groups excluding carboxylic acids is 5. The molecule has 3 amide bonds. The van der Waals surface area contributed by atoms with Crippen LogP contribution in [0, 0.1) is 5.92 Å². The van der Waals surface area contributed by atoms with Crippen molar-refractivity contribution in [1.29, 1.82) is 0 Å². The number of phenols is 2. The highest BCUT2D eigenvalue weighted by atomic mass is 16.3. The van der Waals surface area contributed by atoms with Gasteiger partial charge in [0, 0.05) is 6.54 Å². The van der Waals surface area contributed by atoms with Gasteiger partial charge in [-0.1, -0.05) is 38.1 Å². The number of benzene rings is 2. The van der Waals surface area contributed by atoms with Gasteiger partial charge in [-0.2, -0.15) is 0 Å². The molecule has 0 saturated heterocycles. The van der Waals surface area contributed by atoms with E-state index in [0.717, 1.165) is 0 Å². The molecule has 2 aromatic carbocycles. The zero-order chi connectivity index (χ0) is 32.8. The Morgan fingerprint density at radius 2 is 1.39 bits per heavy atom. The average molecular weight is 612 g/mol. The van der Waals surface area contributed by atoms with Crippen molar-refractivity contribution in [3.63, 3.8) is 0 Å². The second-order valence-corrected chi connectivity index (χ2v) is 10.7. The number of rotatable bonds is 17. The molecule has 0 bridgehead atoms. The number of aldehydes is 1. The molecule has 0 heterocycles. The summed E-state index contributed by atoms with van der Waals surface area (Å²) in [6.07, 6.45) is 1.03. The van der Waals surface area contributed by atoms with Crippen molar-refractivity contribution in [2.24, 2.45) is 28.1 Å². The summed E-state index contributed by atoms with van der Waals surface area (Å²) in [7, 11) is 0. The summed E-state index contributed by atoms with van der Waals surface area (Å²) >= 11 is 0. The molecule has 0 fully saturated rings. The third-order valence-electron chi connectivity index (χ3n) is 6.65. The Hall–Kier alpha value is -4.98. The fraction of sp³-hybridized carbons (Fsp3) is 0.400. The number of ketones is 1. The van der Waals surface area contributed by atoms with Crippen molar-refractivity contribution in [3.8, 4) is 11.5 Å². The summed E-state index contributed by atoms with van der Waals surface area (Å²) in [5, 5.41) is 26.6. The minimum atomic E-state index is -1.24. The van der Waals surface area contributed by atoms with Crippen molar-refractivity contribution in [1.82, 2.24) is 16.0 Å². The van der Waals surface area contributed by atoms with Gasteiger partial charge in [0.05, 0.1) is 12.1 Å². The van der Waals surface area contributed by atoms with E-state index in [1.165, 1.54) is 24.3 Å². The molecule has 0 aromatic heterocycles. The zero-order valence-electron chi connectivity index (χ0n) is 24.7. The molecule has 0 aliphatic heterocycles. The maximum atomic E-state index is 13.4. The fourth-order valence-electron chi connectivity index (χ4n) is 4.23. The standard InChI is InChI=1S/C30H41N7O7/c1-17(2)25(28(43)35-20(16-38)14-18-5-9-21(39)10-6-18)37-27(42)24(4-3-13-34-30(32)33)36-29(44)26(41)23(31)15-19-7-11-22(40)12-8-19/h5-12,16-17,20,23-25,39-40H,3-4,13-15,31H2,1-2H3,(H,35,43)(H,36,44)(H,37,42)(H4,32,33,34)/t20-,23-,24-,25-/m0/s1. The van der Waals surface area contributed by atoms with Gasteiger partial charge < -0.3 is 48.2 Å². The second kappa shape index (κ2) is 17.2. The number of aliphatic imine (C=N–C) groups is 1. The molecule has 44 heavy (non-hydrogen) atoms. The van der Waals surface area contributed by atoms with Crippen molar-refractivity contribution < 1.29 is 34.2 Å². The lowest BCUT2D eigenvalue weighted by atomic mass is 10.00. The maximum Gasteiger partial charge on any atom is 0.289 e. The molecule has 0 radical (unpaired) electrons. The van der Waals surface area contributed by atoms with Crippen LogP contribution < -0.4 is 33.2 Å². The predicted molar refractivity (Wildman–Crippen MR) is 163 cm³/mol. The number of phenolic OH excluding ortho intramolecular Hbond substituents is 2. The monoisotopic (exact) mass is 611 g/mol. The predicted octanol–water partition coefficient (Wildman–Crippen LogP) is -0.858. The molecule has 11 N–H and O–H groups in total. The van der Waals surface area contributed by atoms with Gasteiger partial charge in [-0.05, 0) is 67.0 Å². The summed E-state index contributed by atoms with van der Waals surface area (Å²) in [5.41, 5.74) is 18.0. The lowest BCUT2D eigenvalue weighted by molar-refractivity contribution is -0.140. The number of amides is 3. The summed E-state index contributed by atoms with van der Waals surface area (Å²) in [5.74, 6) is -3.88. The Bertz CT molecular complexity index is 1310. The SMILES string of the molecule is CC(C)[C@H](NC(=O)[C@H](CCCN=C(N)N)NC(=O)C(=O)[C@@H](N)Cc1ccc(O)cc1)C(=O)N[C@H](C=O)Cc1ccc(O)cc1. The Morgan fingerprint density at radius 3 is 1.89 bits per heavy atom.